The first-order valence-corrected chi connectivity index (χ1v) is 13.1. The minimum atomic E-state index is -0.255. The van der Waals surface area contributed by atoms with E-state index in [-0.39, 0.29) is 5.91 Å². The highest BCUT2D eigenvalue weighted by atomic mass is 35.5. The average molecular weight is 537 g/mol. The highest BCUT2D eigenvalue weighted by molar-refractivity contribution is 6.31. The number of ether oxygens (including phenoxy) is 2. The third-order valence-corrected chi connectivity index (χ3v) is 6.92. The van der Waals surface area contributed by atoms with E-state index in [1.54, 1.807) is 25.3 Å². The second kappa shape index (κ2) is 11.2. The number of benzene rings is 4. The molecule has 0 atom stereocenters. The first kappa shape index (κ1) is 26.3. The van der Waals surface area contributed by atoms with Crippen molar-refractivity contribution in [1.82, 2.24) is 4.98 Å². The molecule has 5 aromatic rings. The molecule has 6 heteroatoms. The van der Waals surface area contributed by atoms with Crippen LogP contribution in [0.4, 0.5) is 5.69 Å². The Hall–Kier alpha value is -4.35. The Morgan fingerprint density at radius 1 is 0.923 bits per heavy atom. The van der Waals surface area contributed by atoms with E-state index in [0.717, 1.165) is 50.2 Å². The molecule has 0 aliphatic carbocycles. The van der Waals surface area contributed by atoms with Crippen LogP contribution in [0.5, 0.6) is 11.5 Å². The Kier molecular flexibility index (Phi) is 7.53. The van der Waals surface area contributed by atoms with E-state index in [1.807, 2.05) is 81.4 Å². The number of aromatic nitrogens is 1. The van der Waals surface area contributed by atoms with Gasteiger partial charge in [-0.1, -0.05) is 53.6 Å². The van der Waals surface area contributed by atoms with Crippen LogP contribution in [0.1, 0.15) is 32.6 Å². The standard InChI is InChI=1S/C33H29ClN2O3/c1-20-16-21(2)31-27(17-20)30(33(37)35-28-18-25(34)12-15-29(28)38-4)22(3)32(36-31)24-10-13-26(14-11-24)39-19-23-8-6-5-7-9-23/h5-18H,19H2,1-4H3,(H,35,37). The fourth-order valence-electron chi connectivity index (χ4n) is 4.80. The molecule has 5 nitrogen and oxygen atoms in total. The van der Waals surface area contributed by atoms with Crippen molar-refractivity contribution in [2.75, 3.05) is 12.4 Å². The van der Waals surface area contributed by atoms with Crippen molar-refractivity contribution in [2.24, 2.45) is 0 Å². The molecule has 0 aliphatic heterocycles. The average Bonchev–Trinajstić information content (AvgIpc) is 2.92. The molecule has 0 radical (unpaired) electrons. The van der Waals surface area contributed by atoms with Gasteiger partial charge in [-0.25, -0.2) is 4.98 Å². The van der Waals surface area contributed by atoms with Gasteiger partial charge in [0.2, 0.25) is 0 Å². The summed E-state index contributed by atoms with van der Waals surface area (Å²) in [5.74, 6) is 1.04. The van der Waals surface area contributed by atoms with E-state index >= 15 is 0 Å². The summed E-state index contributed by atoms with van der Waals surface area (Å²) in [6.07, 6.45) is 0. The summed E-state index contributed by atoms with van der Waals surface area (Å²) in [7, 11) is 1.56. The molecule has 0 spiro atoms. The van der Waals surface area contributed by atoms with Gasteiger partial charge in [0.25, 0.3) is 5.91 Å². The SMILES string of the molecule is COc1ccc(Cl)cc1NC(=O)c1c(C)c(-c2ccc(OCc3ccccc3)cc2)nc2c(C)cc(C)cc12. The molecule has 0 unspecified atom stereocenters. The van der Waals surface area contributed by atoms with Crippen molar-refractivity contribution in [3.05, 3.63) is 118 Å². The third-order valence-electron chi connectivity index (χ3n) is 6.68. The fraction of sp³-hybridized carbons (Fsp3) is 0.152. The van der Waals surface area contributed by atoms with Gasteiger partial charge in [-0.3, -0.25) is 4.79 Å². The monoisotopic (exact) mass is 536 g/mol. The second-order valence-electron chi connectivity index (χ2n) is 9.54. The van der Waals surface area contributed by atoms with Crippen LogP contribution in [0.2, 0.25) is 5.02 Å². The molecule has 0 bridgehead atoms. The van der Waals surface area contributed by atoms with E-state index < -0.39 is 0 Å². The zero-order valence-electron chi connectivity index (χ0n) is 22.3. The lowest BCUT2D eigenvalue weighted by molar-refractivity contribution is 0.102. The van der Waals surface area contributed by atoms with Gasteiger partial charge < -0.3 is 14.8 Å². The van der Waals surface area contributed by atoms with Crippen LogP contribution in [0, 0.1) is 20.8 Å². The van der Waals surface area contributed by atoms with E-state index in [2.05, 4.69) is 11.4 Å². The number of carbonyl (C=O) groups excluding carboxylic acids is 1. The maximum absolute atomic E-state index is 13.9. The molecule has 1 N–H and O–H groups in total. The van der Waals surface area contributed by atoms with Crippen LogP contribution >= 0.6 is 11.6 Å². The van der Waals surface area contributed by atoms with Gasteiger partial charge in [-0.2, -0.15) is 0 Å². The Morgan fingerprint density at radius 3 is 2.38 bits per heavy atom. The fourth-order valence-corrected chi connectivity index (χ4v) is 4.97. The van der Waals surface area contributed by atoms with Crippen LogP contribution in [0.15, 0.2) is 84.9 Å². The number of carbonyl (C=O) groups is 1. The lowest BCUT2D eigenvalue weighted by Gasteiger charge is -2.18. The van der Waals surface area contributed by atoms with Gasteiger partial charge in [0.05, 0.1) is 29.6 Å². The maximum atomic E-state index is 13.9. The van der Waals surface area contributed by atoms with Crippen LogP contribution in [-0.4, -0.2) is 18.0 Å². The lowest BCUT2D eigenvalue weighted by atomic mass is 9.94. The summed E-state index contributed by atoms with van der Waals surface area (Å²) in [6.45, 7) is 6.46. The Balaban J connectivity index is 1.55. The zero-order valence-corrected chi connectivity index (χ0v) is 23.1. The molecule has 196 valence electrons. The molecule has 39 heavy (non-hydrogen) atoms. The van der Waals surface area contributed by atoms with Crippen LogP contribution in [-0.2, 0) is 6.61 Å². The topological polar surface area (TPSA) is 60.5 Å². The number of amides is 1. The lowest BCUT2D eigenvalue weighted by Crippen LogP contribution is -2.16. The number of halogens is 1. The molecule has 1 heterocycles. The second-order valence-corrected chi connectivity index (χ2v) is 9.97. The summed E-state index contributed by atoms with van der Waals surface area (Å²) < 4.78 is 11.4. The Bertz CT molecular complexity index is 1670. The molecular weight excluding hydrogens is 508 g/mol. The summed E-state index contributed by atoms with van der Waals surface area (Å²) in [5.41, 5.74) is 7.44. The predicted molar refractivity (Wildman–Crippen MR) is 158 cm³/mol. The molecule has 4 aromatic carbocycles. The van der Waals surface area contributed by atoms with Crippen LogP contribution < -0.4 is 14.8 Å². The smallest absolute Gasteiger partial charge is 0.256 e. The van der Waals surface area contributed by atoms with Crippen molar-refractivity contribution >= 4 is 34.1 Å². The molecule has 1 aromatic heterocycles. The van der Waals surface area contributed by atoms with Crippen molar-refractivity contribution < 1.29 is 14.3 Å². The van der Waals surface area contributed by atoms with Crippen molar-refractivity contribution in [3.8, 4) is 22.8 Å². The Labute approximate surface area is 233 Å². The number of aryl methyl sites for hydroxylation is 2. The van der Waals surface area contributed by atoms with Crippen molar-refractivity contribution in [3.63, 3.8) is 0 Å². The summed E-state index contributed by atoms with van der Waals surface area (Å²) in [5, 5.41) is 4.32. The number of fused-ring (bicyclic) bond motifs is 1. The van der Waals surface area contributed by atoms with Gasteiger partial charge >= 0.3 is 0 Å². The van der Waals surface area contributed by atoms with Crippen LogP contribution in [0.25, 0.3) is 22.2 Å². The summed E-state index contributed by atoms with van der Waals surface area (Å²) in [4.78, 5) is 18.9. The molecule has 5 rings (SSSR count). The molecular formula is C33H29ClN2O3. The molecule has 0 aliphatic rings. The zero-order chi connectivity index (χ0) is 27.5. The van der Waals surface area contributed by atoms with E-state index in [0.29, 0.717) is 28.6 Å². The largest absolute Gasteiger partial charge is 0.495 e. The van der Waals surface area contributed by atoms with Crippen LogP contribution in [0.3, 0.4) is 0 Å². The number of nitrogens with zero attached hydrogens (tertiary/aromatic N) is 1. The number of hydrogen-bond donors (Lipinski definition) is 1. The first-order chi connectivity index (χ1) is 18.8. The number of nitrogens with one attached hydrogen (secondary N) is 1. The summed E-state index contributed by atoms with van der Waals surface area (Å²) in [6, 6.07) is 27.1. The van der Waals surface area contributed by atoms with Crippen molar-refractivity contribution in [1.29, 1.82) is 0 Å². The third kappa shape index (κ3) is 5.59. The van der Waals surface area contributed by atoms with Gasteiger partial charge in [-0.05, 0) is 86.0 Å². The number of pyridine rings is 1. The molecule has 0 saturated carbocycles. The molecule has 0 fully saturated rings. The van der Waals surface area contributed by atoms with Gasteiger partial charge in [0.15, 0.2) is 0 Å². The first-order valence-electron chi connectivity index (χ1n) is 12.7. The summed E-state index contributed by atoms with van der Waals surface area (Å²) >= 11 is 6.22. The van der Waals surface area contributed by atoms with Crippen molar-refractivity contribution in [2.45, 2.75) is 27.4 Å². The van der Waals surface area contributed by atoms with Gasteiger partial charge in [0, 0.05) is 16.0 Å². The van der Waals surface area contributed by atoms with Gasteiger partial charge in [-0.15, -0.1) is 0 Å². The molecule has 0 saturated heterocycles. The van der Waals surface area contributed by atoms with E-state index in [9.17, 15) is 4.79 Å². The molecule has 1 amide bonds. The number of anilines is 1. The normalized spacial score (nSPS) is 10.9. The maximum Gasteiger partial charge on any atom is 0.256 e. The van der Waals surface area contributed by atoms with Gasteiger partial charge in [0.1, 0.15) is 18.1 Å². The quantitative estimate of drug-likeness (QED) is 0.227. The number of hydrogen-bond acceptors (Lipinski definition) is 4. The highest BCUT2D eigenvalue weighted by Gasteiger charge is 2.21. The Morgan fingerprint density at radius 2 is 1.67 bits per heavy atom. The van der Waals surface area contributed by atoms with E-state index in [4.69, 9.17) is 26.1 Å². The number of methoxy groups -OCH3 is 1. The minimum Gasteiger partial charge on any atom is -0.495 e. The highest BCUT2D eigenvalue weighted by Crippen LogP contribution is 2.34. The van der Waals surface area contributed by atoms with E-state index in [1.165, 1.54) is 0 Å². The minimum absolute atomic E-state index is 0.255. The predicted octanol–water partition coefficient (Wildman–Crippen LogP) is 8.32. The number of rotatable bonds is 7.